The van der Waals surface area contributed by atoms with Gasteiger partial charge in [0.15, 0.2) is 0 Å². The number of benzene rings is 2. The molecule has 0 saturated carbocycles. The van der Waals surface area contributed by atoms with Gasteiger partial charge in [0, 0.05) is 22.9 Å². The molecule has 0 spiro atoms. The number of aryl methyl sites for hydroxylation is 1. The third kappa shape index (κ3) is 5.07. The molecule has 0 radical (unpaired) electrons. The lowest BCUT2D eigenvalue weighted by atomic mass is 9.93. The molecular formula is C26H26N6O4. The molecule has 2 aromatic carbocycles. The van der Waals surface area contributed by atoms with E-state index in [0.717, 1.165) is 29.7 Å². The Bertz CT molecular complexity index is 1460. The number of nitrogens with zero attached hydrogens (tertiary/aromatic N) is 4. The van der Waals surface area contributed by atoms with Crippen molar-refractivity contribution in [1.29, 1.82) is 0 Å². The summed E-state index contributed by atoms with van der Waals surface area (Å²) >= 11 is 0. The van der Waals surface area contributed by atoms with E-state index >= 15 is 0 Å². The van der Waals surface area contributed by atoms with Crippen molar-refractivity contribution in [2.75, 3.05) is 7.11 Å². The number of carbonyl (C=O) groups is 2. The van der Waals surface area contributed by atoms with Crippen LogP contribution in [0.25, 0.3) is 22.5 Å². The first-order valence-corrected chi connectivity index (χ1v) is 11.5. The molecule has 2 aromatic heterocycles. The molecule has 0 aliphatic heterocycles. The van der Waals surface area contributed by atoms with Crippen LogP contribution in [0.2, 0.25) is 0 Å². The molecule has 0 saturated heterocycles. The van der Waals surface area contributed by atoms with E-state index < -0.39 is 11.9 Å². The van der Waals surface area contributed by atoms with E-state index in [9.17, 15) is 14.4 Å². The van der Waals surface area contributed by atoms with E-state index in [4.69, 9.17) is 10.5 Å². The summed E-state index contributed by atoms with van der Waals surface area (Å²) in [6, 6.07) is 15.7. The molecule has 4 aromatic rings. The highest BCUT2D eigenvalue weighted by Crippen LogP contribution is 2.32. The topological polar surface area (TPSA) is 146 Å². The zero-order chi connectivity index (χ0) is 25.7. The van der Waals surface area contributed by atoms with Gasteiger partial charge in [-0.1, -0.05) is 49.7 Å². The summed E-state index contributed by atoms with van der Waals surface area (Å²) in [7, 11) is 1.28. The fourth-order valence-corrected chi connectivity index (χ4v) is 4.13. The second-order valence-corrected chi connectivity index (χ2v) is 8.28. The summed E-state index contributed by atoms with van der Waals surface area (Å²) in [4.78, 5) is 37.5. The summed E-state index contributed by atoms with van der Waals surface area (Å²) in [5.41, 5.74) is 9.44. The smallest absolute Gasteiger partial charge is 0.338 e. The van der Waals surface area contributed by atoms with Crippen LogP contribution in [-0.4, -0.2) is 44.2 Å². The first-order chi connectivity index (χ1) is 17.4. The average molecular weight is 487 g/mol. The van der Waals surface area contributed by atoms with Gasteiger partial charge in [-0.2, -0.15) is 5.21 Å². The SMILES string of the molecule is CCCCc1cc(C(=O)OC)cc(=O)n1Cc1ccc(-c2ccccc2-c2nn[nH]n2)c(C(N)=O)c1. The number of nitrogens with one attached hydrogen (secondary N) is 1. The molecule has 10 heteroatoms. The van der Waals surface area contributed by atoms with E-state index in [1.807, 2.05) is 30.3 Å². The van der Waals surface area contributed by atoms with Crippen LogP contribution in [0, 0.1) is 0 Å². The van der Waals surface area contributed by atoms with E-state index in [-0.39, 0.29) is 17.7 Å². The maximum atomic E-state index is 13.0. The highest BCUT2D eigenvalue weighted by molar-refractivity contribution is 6.01. The molecule has 4 rings (SSSR count). The van der Waals surface area contributed by atoms with Crippen molar-refractivity contribution < 1.29 is 14.3 Å². The summed E-state index contributed by atoms with van der Waals surface area (Å²) in [5, 5.41) is 14.2. The van der Waals surface area contributed by atoms with Gasteiger partial charge in [-0.25, -0.2) is 4.79 Å². The van der Waals surface area contributed by atoms with E-state index in [1.54, 1.807) is 22.8 Å². The first-order valence-electron chi connectivity index (χ1n) is 11.5. The normalized spacial score (nSPS) is 10.8. The summed E-state index contributed by atoms with van der Waals surface area (Å²) in [6.07, 6.45) is 2.40. The van der Waals surface area contributed by atoms with Crippen LogP contribution in [0.5, 0.6) is 0 Å². The van der Waals surface area contributed by atoms with Crippen LogP contribution in [0.15, 0.2) is 59.4 Å². The van der Waals surface area contributed by atoms with Gasteiger partial charge >= 0.3 is 5.97 Å². The Hall–Kier alpha value is -4.60. The molecule has 0 aliphatic carbocycles. The minimum atomic E-state index is -0.602. The van der Waals surface area contributed by atoms with Gasteiger partial charge in [-0.15, -0.1) is 10.2 Å². The van der Waals surface area contributed by atoms with Crippen LogP contribution < -0.4 is 11.3 Å². The number of esters is 1. The molecule has 184 valence electrons. The number of aromatic nitrogens is 5. The number of hydrogen-bond acceptors (Lipinski definition) is 7. The molecule has 0 bridgehead atoms. The minimum absolute atomic E-state index is 0.215. The summed E-state index contributed by atoms with van der Waals surface area (Å²) in [5.74, 6) is -0.769. The molecule has 36 heavy (non-hydrogen) atoms. The lowest BCUT2D eigenvalue weighted by molar-refractivity contribution is 0.0600. The molecule has 3 N–H and O–H groups in total. The molecule has 1 amide bonds. The van der Waals surface area contributed by atoms with Crippen molar-refractivity contribution in [3.05, 3.63) is 87.3 Å². The number of H-pyrrole nitrogens is 1. The molecule has 0 atom stereocenters. The number of unbranched alkanes of at least 4 members (excludes halogenated alkanes) is 1. The third-order valence-electron chi connectivity index (χ3n) is 5.91. The number of amides is 1. The number of ether oxygens (including phenoxy) is 1. The number of rotatable bonds is 9. The lowest BCUT2D eigenvalue weighted by Crippen LogP contribution is -2.26. The van der Waals surface area contributed by atoms with Crippen molar-refractivity contribution >= 4 is 11.9 Å². The maximum Gasteiger partial charge on any atom is 0.338 e. The van der Waals surface area contributed by atoms with Crippen LogP contribution in [0.1, 0.15) is 51.7 Å². The van der Waals surface area contributed by atoms with Gasteiger partial charge in [0.05, 0.1) is 19.2 Å². The predicted octanol–water partition coefficient (Wildman–Crippen LogP) is 2.97. The molecular weight excluding hydrogens is 460 g/mol. The van der Waals surface area contributed by atoms with Crippen molar-refractivity contribution in [2.24, 2.45) is 5.73 Å². The second kappa shape index (κ2) is 10.8. The van der Waals surface area contributed by atoms with Gasteiger partial charge < -0.3 is 15.0 Å². The monoisotopic (exact) mass is 486 g/mol. The van der Waals surface area contributed by atoms with E-state index in [0.29, 0.717) is 28.9 Å². The number of tetrazole rings is 1. The number of nitrogens with two attached hydrogens (primary N) is 1. The summed E-state index contributed by atoms with van der Waals surface area (Å²) in [6.45, 7) is 2.27. The van der Waals surface area contributed by atoms with Gasteiger partial charge in [-0.05, 0) is 46.9 Å². The summed E-state index contributed by atoms with van der Waals surface area (Å²) < 4.78 is 6.40. The fourth-order valence-electron chi connectivity index (χ4n) is 4.13. The largest absolute Gasteiger partial charge is 0.465 e. The lowest BCUT2D eigenvalue weighted by Gasteiger charge is -2.16. The van der Waals surface area contributed by atoms with Crippen LogP contribution in [0.4, 0.5) is 0 Å². The number of primary amides is 1. The predicted molar refractivity (Wildman–Crippen MR) is 133 cm³/mol. The number of hydrogen-bond donors (Lipinski definition) is 2. The second-order valence-electron chi connectivity index (χ2n) is 8.28. The van der Waals surface area contributed by atoms with Crippen molar-refractivity contribution in [2.45, 2.75) is 32.7 Å². The molecule has 0 unspecified atom stereocenters. The van der Waals surface area contributed by atoms with Crippen molar-refractivity contribution in [1.82, 2.24) is 25.2 Å². The zero-order valence-corrected chi connectivity index (χ0v) is 20.0. The van der Waals surface area contributed by atoms with Crippen LogP contribution in [-0.2, 0) is 17.7 Å². The fraction of sp³-hybridized carbons (Fsp3) is 0.231. The number of pyridine rings is 1. The quantitative estimate of drug-likeness (QED) is 0.346. The highest BCUT2D eigenvalue weighted by Gasteiger charge is 2.18. The molecule has 0 aliphatic rings. The first kappa shape index (κ1) is 24.5. The van der Waals surface area contributed by atoms with Crippen molar-refractivity contribution in [3.63, 3.8) is 0 Å². The van der Waals surface area contributed by atoms with Gasteiger partial charge in [0.2, 0.25) is 11.7 Å². The molecule has 10 nitrogen and oxygen atoms in total. The van der Waals surface area contributed by atoms with Gasteiger partial charge in [0.1, 0.15) is 0 Å². The minimum Gasteiger partial charge on any atom is -0.465 e. The Kier molecular flexibility index (Phi) is 7.33. The Morgan fingerprint density at radius 1 is 1.06 bits per heavy atom. The Labute approximate surface area is 207 Å². The maximum absolute atomic E-state index is 13.0. The molecule has 2 heterocycles. The highest BCUT2D eigenvalue weighted by atomic mass is 16.5. The number of aromatic amines is 1. The van der Waals surface area contributed by atoms with Crippen LogP contribution in [0.3, 0.4) is 0 Å². The van der Waals surface area contributed by atoms with E-state index in [1.165, 1.54) is 13.2 Å². The number of methoxy groups -OCH3 is 1. The Balaban J connectivity index is 1.77. The standard InChI is InChI=1S/C26H26N6O4/c1-3-4-7-18-13-17(26(35)36-2)14-23(33)32(18)15-16-10-11-20(22(12-16)24(27)34)19-8-5-6-9-21(19)25-28-30-31-29-25/h5-6,8-14H,3-4,7,15H2,1-2H3,(H2,27,34)(H,28,29,30,31). The number of carbonyl (C=O) groups excluding carboxylic acids is 2. The van der Waals surface area contributed by atoms with Gasteiger partial charge in [-0.3, -0.25) is 9.59 Å². The Morgan fingerprint density at radius 3 is 2.50 bits per heavy atom. The average Bonchev–Trinajstić information content (AvgIpc) is 3.43. The Morgan fingerprint density at radius 2 is 1.83 bits per heavy atom. The van der Waals surface area contributed by atoms with Gasteiger partial charge in [0.25, 0.3) is 5.56 Å². The van der Waals surface area contributed by atoms with Crippen LogP contribution >= 0.6 is 0 Å². The van der Waals surface area contributed by atoms with Crippen molar-refractivity contribution in [3.8, 4) is 22.5 Å². The third-order valence-corrected chi connectivity index (χ3v) is 5.91. The zero-order valence-electron chi connectivity index (χ0n) is 20.0. The van der Waals surface area contributed by atoms with E-state index in [2.05, 4.69) is 27.5 Å². The molecule has 0 fully saturated rings.